The number of nitrogens with two attached hydrogens (primary N) is 1. The van der Waals surface area contributed by atoms with Crippen LogP contribution in [-0.4, -0.2) is 40.2 Å². The minimum Gasteiger partial charge on any atom is -0.467 e. The molecule has 1 aromatic carbocycles. The van der Waals surface area contributed by atoms with Crippen LogP contribution in [0.1, 0.15) is 44.2 Å². The molecule has 2 heterocycles. The summed E-state index contributed by atoms with van der Waals surface area (Å²) >= 11 is 0. The van der Waals surface area contributed by atoms with E-state index < -0.39 is 0 Å². The van der Waals surface area contributed by atoms with Crippen molar-refractivity contribution in [1.29, 1.82) is 0 Å². The van der Waals surface area contributed by atoms with E-state index in [1.165, 1.54) is 7.11 Å². The number of nitrogens with zero attached hydrogens (tertiary/aromatic N) is 4. The molecule has 1 fully saturated rings. The van der Waals surface area contributed by atoms with E-state index in [4.69, 9.17) is 10.5 Å². The maximum Gasteiger partial charge on any atom is 0.323 e. The predicted molar refractivity (Wildman–Crippen MR) is 128 cm³/mol. The van der Waals surface area contributed by atoms with Crippen LogP contribution >= 0.6 is 0 Å². The molecule has 0 aliphatic heterocycles. The number of amides is 2. The average molecular weight is 447 g/mol. The lowest BCUT2D eigenvalue weighted by molar-refractivity contribution is 0.237. The molecule has 1 atom stereocenters. The molecule has 0 bridgehead atoms. The second-order valence-electron chi connectivity index (χ2n) is 8.38. The summed E-state index contributed by atoms with van der Waals surface area (Å²) in [5, 5.41) is 3.14. The van der Waals surface area contributed by atoms with E-state index in [0.29, 0.717) is 11.8 Å². The van der Waals surface area contributed by atoms with Gasteiger partial charge in [-0.3, -0.25) is 4.90 Å². The van der Waals surface area contributed by atoms with Gasteiger partial charge in [0.25, 0.3) is 0 Å². The molecular formula is C25H30N6O2. The number of urea groups is 1. The van der Waals surface area contributed by atoms with Gasteiger partial charge in [0.15, 0.2) is 0 Å². The fourth-order valence-corrected chi connectivity index (χ4v) is 4.17. The molecule has 172 valence electrons. The number of hydrogen-bond donors (Lipinski definition) is 2. The first-order valence-electron chi connectivity index (χ1n) is 11.3. The molecule has 3 aromatic rings. The Labute approximate surface area is 194 Å². The maximum atomic E-state index is 13.4. The molecule has 2 aromatic heterocycles. The highest BCUT2D eigenvalue weighted by atomic mass is 16.5. The van der Waals surface area contributed by atoms with E-state index in [-0.39, 0.29) is 24.2 Å². The largest absolute Gasteiger partial charge is 0.467 e. The van der Waals surface area contributed by atoms with E-state index in [1.54, 1.807) is 23.5 Å². The molecule has 33 heavy (non-hydrogen) atoms. The number of aromatic nitrogens is 3. The Bertz CT molecular complexity index is 1030. The summed E-state index contributed by atoms with van der Waals surface area (Å²) in [5.41, 5.74) is 8.86. The Morgan fingerprint density at radius 1 is 1.00 bits per heavy atom. The summed E-state index contributed by atoms with van der Waals surface area (Å²) in [4.78, 5) is 28.2. The van der Waals surface area contributed by atoms with Gasteiger partial charge in [0.1, 0.15) is 5.82 Å². The number of methoxy groups -OCH3 is 1. The van der Waals surface area contributed by atoms with Crippen LogP contribution in [-0.2, 0) is 0 Å². The smallest absolute Gasteiger partial charge is 0.323 e. The average Bonchev–Trinajstić information content (AvgIpc) is 2.86. The van der Waals surface area contributed by atoms with Crippen molar-refractivity contribution in [2.75, 3.05) is 12.0 Å². The number of hydrogen-bond acceptors (Lipinski definition) is 6. The van der Waals surface area contributed by atoms with Gasteiger partial charge < -0.3 is 15.8 Å². The Balaban J connectivity index is 1.56. The molecule has 0 radical (unpaired) electrons. The zero-order chi connectivity index (χ0) is 23.2. The van der Waals surface area contributed by atoms with Crippen molar-refractivity contribution in [3.63, 3.8) is 0 Å². The zero-order valence-corrected chi connectivity index (χ0v) is 19.0. The first-order chi connectivity index (χ1) is 16.0. The summed E-state index contributed by atoms with van der Waals surface area (Å²) in [6, 6.07) is 14.0. The molecule has 8 nitrogen and oxygen atoms in total. The summed E-state index contributed by atoms with van der Waals surface area (Å²) in [6.45, 7) is 1.99. The minimum atomic E-state index is -0.153. The van der Waals surface area contributed by atoms with Crippen molar-refractivity contribution in [1.82, 2.24) is 20.3 Å². The van der Waals surface area contributed by atoms with E-state index in [1.807, 2.05) is 49.4 Å². The van der Waals surface area contributed by atoms with Gasteiger partial charge in [0, 0.05) is 41.8 Å². The Morgan fingerprint density at radius 3 is 2.27 bits per heavy atom. The topological polar surface area (TPSA) is 106 Å². The Morgan fingerprint density at radius 2 is 1.67 bits per heavy atom. The third-order valence-electron chi connectivity index (χ3n) is 6.10. The molecule has 1 saturated carbocycles. The van der Waals surface area contributed by atoms with Gasteiger partial charge in [-0.25, -0.2) is 19.7 Å². The van der Waals surface area contributed by atoms with Crippen molar-refractivity contribution in [3.8, 4) is 17.1 Å². The highest BCUT2D eigenvalue weighted by Crippen LogP contribution is 2.28. The van der Waals surface area contributed by atoms with Gasteiger partial charge in [-0.15, -0.1) is 0 Å². The van der Waals surface area contributed by atoms with Gasteiger partial charge in [0.2, 0.25) is 0 Å². The number of nitrogens with one attached hydrogen (secondary N) is 1. The monoisotopic (exact) mass is 446 g/mol. The van der Waals surface area contributed by atoms with Crippen LogP contribution in [0, 0.1) is 0 Å². The summed E-state index contributed by atoms with van der Waals surface area (Å²) < 4.78 is 5.02. The van der Waals surface area contributed by atoms with E-state index in [9.17, 15) is 4.79 Å². The standard InChI is InChI=1S/C25H30N6O2/c1-17(18-6-4-3-5-7-18)30-25(32)31(22-11-9-21(26)10-12-22)23-13-8-19(14-27-23)20-15-28-24(33-2)29-16-20/h3-8,13-17,21-22H,9-12,26H2,1-2H3,(H,30,32)/t17-,21?,22?/m1/s1. The molecule has 0 spiro atoms. The van der Waals surface area contributed by atoms with Crippen molar-refractivity contribution < 1.29 is 9.53 Å². The summed E-state index contributed by atoms with van der Waals surface area (Å²) in [5.74, 6) is 0.617. The molecule has 8 heteroatoms. The molecule has 1 aliphatic carbocycles. The number of pyridine rings is 1. The minimum absolute atomic E-state index is 0.0513. The lowest BCUT2D eigenvalue weighted by Gasteiger charge is -2.36. The number of rotatable bonds is 6. The molecule has 1 aliphatic rings. The number of ether oxygens (including phenoxy) is 1. The summed E-state index contributed by atoms with van der Waals surface area (Å²) in [7, 11) is 1.53. The number of benzene rings is 1. The summed E-state index contributed by atoms with van der Waals surface area (Å²) in [6.07, 6.45) is 8.62. The molecule has 3 N–H and O–H groups in total. The highest BCUT2D eigenvalue weighted by Gasteiger charge is 2.30. The molecule has 2 amide bonds. The molecular weight excluding hydrogens is 416 g/mol. The Kier molecular flexibility index (Phi) is 7.14. The number of carbonyl (C=O) groups is 1. The number of anilines is 1. The SMILES string of the molecule is COc1ncc(-c2ccc(N(C(=O)N[C@H](C)c3ccccc3)C3CCC(N)CC3)nc2)cn1. The molecule has 0 saturated heterocycles. The lowest BCUT2D eigenvalue weighted by Crippen LogP contribution is -2.49. The predicted octanol–water partition coefficient (Wildman–Crippen LogP) is 4.09. The van der Waals surface area contributed by atoms with Crippen LogP contribution in [0.4, 0.5) is 10.6 Å². The third-order valence-corrected chi connectivity index (χ3v) is 6.10. The normalized spacial score (nSPS) is 18.9. The van der Waals surface area contributed by atoms with Gasteiger partial charge >= 0.3 is 12.0 Å². The Hall–Kier alpha value is -3.52. The maximum absolute atomic E-state index is 13.4. The third kappa shape index (κ3) is 5.46. The quantitative estimate of drug-likeness (QED) is 0.591. The van der Waals surface area contributed by atoms with Gasteiger partial charge in [0.05, 0.1) is 13.2 Å². The number of carbonyl (C=O) groups excluding carboxylic acids is 1. The highest BCUT2D eigenvalue weighted by molar-refractivity contribution is 5.92. The molecule has 4 rings (SSSR count). The molecule has 0 unspecified atom stereocenters. The van der Waals surface area contributed by atoms with Gasteiger partial charge in [-0.05, 0) is 50.3 Å². The van der Waals surface area contributed by atoms with Gasteiger partial charge in [-0.2, -0.15) is 0 Å². The van der Waals surface area contributed by atoms with Gasteiger partial charge in [-0.1, -0.05) is 30.3 Å². The second-order valence-corrected chi connectivity index (χ2v) is 8.38. The van der Waals surface area contributed by atoms with Crippen molar-refractivity contribution in [3.05, 3.63) is 66.6 Å². The lowest BCUT2D eigenvalue weighted by atomic mass is 9.91. The van der Waals surface area contributed by atoms with E-state index in [2.05, 4.69) is 20.3 Å². The van der Waals surface area contributed by atoms with Crippen molar-refractivity contribution in [2.45, 2.75) is 50.7 Å². The fraction of sp³-hybridized carbons (Fsp3) is 0.360. The van der Waals surface area contributed by atoms with Crippen LogP contribution in [0.15, 0.2) is 61.1 Å². The van der Waals surface area contributed by atoms with Crippen molar-refractivity contribution >= 4 is 11.8 Å². The van der Waals surface area contributed by atoms with Crippen LogP contribution in [0.5, 0.6) is 6.01 Å². The van der Waals surface area contributed by atoms with Crippen LogP contribution in [0.25, 0.3) is 11.1 Å². The van der Waals surface area contributed by atoms with Crippen molar-refractivity contribution in [2.24, 2.45) is 5.73 Å². The second kappa shape index (κ2) is 10.4. The van der Waals surface area contributed by atoms with E-state index in [0.717, 1.165) is 42.4 Å². The van der Waals surface area contributed by atoms with Crippen LogP contribution in [0.2, 0.25) is 0 Å². The van der Waals surface area contributed by atoms with Crippen LogP contribution in [0.3, 0.4) is 0 Å². The first kappa shape index (κ1) is 22.7. The van der Waals surface area contributed by atoms with E-state index >= 15 is 0 Å². The first-order valence-corrected chi connectivity index (χ1v) is 11.3. The van der Waals surface area contributed by atoms with Crippen LogP contribution < -0.4 is 20.7 Å². The zero-order valence-electron chi connectivity index (χ0n) is 19.0. The fourth-order valence-electron chi connectivity index (χ4n) is 4.17.